The predicted octanol–water partition coefficient (Wildman–Crippen LogP) is 1.84. The Hall–Kier alpha value is -2.23. The lowest BCUT2D eigenvalue weighted by Crippen LogP contribution is -1.99. The van der Waals surface area contributed by atoms with Gasteiger partial charge in [-0.15, -0.1) is 0 Å². The van der Waals surface area contributed by atoms with Crippen LogP contribution in [0, 0.1) is 0 Å². The van der Waals surface area contributed by atoms with E-state index in [2.05, 4.69) is 9.97 Å². The lowest BCUT2D eigenvalue weighted by molar-refractivity contribution is 0.0690. The smallest absolute Gasteiger partial charge is 0.354 e. The first-order chi connectivity index (χ1) is 7.27. The van der Waals surface area contributed by atoms with Gasteiger partial charge in [-0.05, 0) is 24.3 Å². The van der Waals surface area contributed by atoms with Gasteiger partial charge in [0.1, 0.15) is 5.69 Å². The lowest BCUT2D eigenvalue weighted by Gasteiger charge is -1.99. The number of hydrogen-bond acceptors (Lipinski definition) is 3. The molecule has 0 aromatic carbocycles. The first-order valence-electron chi connectivity index (χ1n) is 4.38. The normalized spacial score (nSPS) is 9.87. The van der Waals surface area contributed by atoms with E-state index in [-0.39, 0.29) is 5.69 Å². The maximum Gasteiger partial charge on any atom is 0.354 e. The fraction of sp³-hybridized carbons (Fsp3) is 0. The molecule has 1 N–H and O–H groups in total. The van der Waals surface area contributed by atoms with Crippen LogP contribution in [0.25, 0.3) is 11.3 Å². The molecule has 2 aromatic heterocycles. The molecule has 0 spiro atoms. The zero-order valence-corrected chi connectivity index (χ0v) is 7.79. The summed E-state index contributed by atoms with van der Waals surface area (Å²) in [6.45, 7) is 0. The van der Waals surface area contributed by atoms with Crippen LogP contribution >= 0.6 is 0 Å². The van der Waals surface area contributed by atoms with E-state index < -0.39 is 5.97 Å². The molecule has 2 rings (SSSR count). The van der Waals surface area contributed by atoms with Crippen molar-refractivity contribution in [2.24, 2.45) is 0 Å². The third kappa shape index (κ3) is 1.99. The van der Waals surface area contributed by atoms with E-state index >= 15 is 0 Å². The molecular weight excluding hydrogens is 192 g/mol. The summed E-state index contributed by atoms with van der Waals surface area (Å²) in [7, 11) is 0. The van der Waals surface area contributed by atoms with Crippen LogP contribution in [0.2, 0.25) is 0 Å². The van der Waals surface area contributed by atoms with Gasteiger partial charge < -0.3 is 5.11 Å². The molecule has 2 aromatic rings. The van der Waals surface area contributed by atoms with Gasteiger partial charge in [-0.3, -0.25) is 4.98 Å². The van der Waals surface area contributed by atoms with Crippen molar-refractivity contribution in [1.29, 1.82) is 0 Å². The minimum absolute atomic E-state index is 0.0367. The fourth-order valence-electron chi connectivity index (χ4n) is 1.21. The van der Waals surface area contributed by atoms with Crippen molar-refractivity contribution >= 4 is 5.97 Å². The molecule has 0 atom stereocenters. The van der Waals surface area contributed by atoms with Crippen LogP contribution in [0.3, 0.4) is 0 Å². The number of aromatic carboxylic acids is 1. The van der Waals surface area contributed by atoms with E-state index in [1.807, 2.05) is 18.2 Å². The van der Waals surface area contributed by atoms with Gasteiger partial charge in [-0.1, -0.05) is 6.07 Å². The highest BCUT2D eigenvalue weighted by Gasteiger charge is 2.04. The molecule has 0 radical (unpaired) electrons. The zero-order chi connectivity index (χ0) is 10.7. The van der Waals surface area contributed by atoms with Crippen molar-refractivity contribution in [1.82, 2.24) is 9.97 Å². The van der Waals surface area contributed by atoms with Gasteiger partial charge in [0.25, 0.3) is 0 Å². The number of carbonyl (C=O) groups is 1. The van der Waals surface area contributed by atoms with E-state index in [0.717, 1.165) is 11.3 Å². The van der Waals surface area contributed by atoms with Crippen molar-refractivity contribution in [2.75, 3.05) is 0 Å². The standard InChI is InChI=1S/C11H8N2O2/c14-11(15)10-5-4-8(7-13-10)9-3-1-2-6-12-9/h1-7H,(H,14,15). The molecule has 0 aliphatic carbocycles. The Bertz CT molecular complexity index is 466. The van der Waals surface area contributed by atoms with E-state index in [4.69, 9.17) is 5.11 Å². The molecule has 0 saturated carbocycles. The molecule has 0 aliphatic rings. The number of pyridine rings is 2. The summed E-state index contributed by atoms with van der Waals surface area (Å²) in [5, 5.41) is 8.67. The number of carboxylic acids is 1. The molecule has 0 aliphatic heterocycles. The molecule has 0 fully saturated rings. The maximum absolute atomic E-state index is 10.6. The average molecular weight is 200 g/mol. The quantitative estimate of drug-likeness (QED) is 0.803. The highest BCUT2D eigenvalue weighted by molar-refractivity contribution is 5.85. The Morgan fingerprint density at radius 1 is 1.13 bits per heavy atom. The first-order valence-corrected chi connectivity index (χ1v) is 4.38. The van der Waals surface area contributed by atoms with Gasteiger partial charge >= 0.3 is 5.97 Å². The molecule has 2 heterocycles. The second kappa shape index (κ2) is 3.88. The number of carboxylic acid groups (broad SMARTS) is 1. The van der Waals surface area contributed by atoms with Crippen LogP contribution in [-0.2, 0) is 0 Å². The molecule has 4 heteroatoms. The van der Waals surface area contributed by atoms with Crippen molar-refractivity contribution in [2.45, 2.75) is 0 Å². The molecule has 0 bridgehead atoms. The summed E-state index contributed by atoms with van der Waals surface area (Å²) in [4.78, 5) is 18.5. The van der Waals surface area contributed by atoms with Crippen molar-refractivity contribution in [3.63, 3.8) is 0 Å². The fourth-order valence-corrected chi connectivity index (χ4v) is 1.21. The van der Waals surface area contributed by atoms with E-state index in [0.29, 0.717) is 0 Å². The molecular formula is C11H8N2O2. The molecule has 74 valence electrons. The van der Waals surface area contributed by atoms with E-state index in [1.54, 1.807) is 12.3 Å². The van der Waals surface area contributed by atoms with Gasteiger partial charge in [-0.2, -0.15) is 0 Å². The largest absolute Gasteiger partial charge is 0.477 e. The number of nitrogens with zero attached hydrogens (tertiary/aromatic N) is 2. The van der Waals surface area contributed by atoms with Gasteiger partial charge in [-0.25, -0.2) is 9.78 Å². The van der Waals surface area contributed by atoms with E-state index in [9.17, 15) is 4.79 Å². The Labute approximate surface area is 86.2 Å². The molecule has 0 amide bonds. The van der Waals surface area contributed by atoms with Crippen molar-refractivity contribution in [3.8, 4) is 11.3 Å². The van der Waals surface area contributed by atoms with Crippen LogP contribution in [0.1, 0.15) is 10.5 Å². The zero-order valence-electron chi connectivity index (χ0n) is 7.79. The summed E-state index contributed by atoms with van der Waals surface area (Å²) in [5.74, 6) is -1.03. The maximum atomic E-state index is 10.6. The second-order valence-electron chi connectivity index (χ2n) is 2.95. The summed E-state index contributed by atoms with van der Waals surface area (Å²) < 4.78 is 0. The SMILES string of the molecule is O=C(O)c1ccc(-c2ccccn2)cn1. The van der Waals surface area contributed by atoms with Crippen molar-refractivity contribution in [3.05, 3.63) is 48.4 Å². The van der Waals surface area contributed by atoms with Crippen molar-refractivity contribution < 1.29 is 9.90 Å². The first kappa shape index (κ1) is 9.33. The Balaban J connectivity index is 2.36. The highest BCUT2D eigenvalue weighted by Crippen LogP contribution is 2.14. The Morgan fingerprint density at radius 3 is 2.53 bits per heavy atom. The summed E-state index contributed by atoms with van der Waals surface area (Å²) in [6, 6.07) is 8.69. The minimum atomic E-state index is -1.03. The number of rotatable bonds is 2. The second-order valence-corrected chi connectivity index (χ2v) is 2.95. The summed E-state index contributed by atoms with van der Waals surface area (Å²) in [6.07, 6.45) is 3.19. The molecule has 4 nitrogen and oxygen atoms in total. The Kier molecular flexibility index (Phi) is 2.41. The van der Waals surface area contributed by atoms with Crippen LogP contribution in [0.15, 0.2) is 42.7 Å². The molecule has 0 unspecified atom stereocenters. The summed E-state index contributed by atoms with van der Waals surface area (Å²) >= 11 is 0. The number of aromatic nitrogens is 2. The average Bonchev–Trinajstić information content (AvgIpc) is 2.30. The predicted molar refractivity (Wildman–Crippen MR) is 54.4 cm³/mol. The minimum Gasteiger partial charge on any atom is -0.477 e. The van der Waals surface area contributed by atoms with Crippen LogP contribution in [-0.4, -0.2) is 21.0 Å². The van der Waals surface area contributed by atoms with Gasteiger partial charge in [0.15, 0.2) is 0 Å². The number of hydrogen-bond donors (Lipinski definition) is 1. The van der Waals surface area contributed by atoms with Crippen LogP contribution in [0.4, 0.5) is 0 Å². The third-order valence-electron chi connectivity index (χ3n) is 1.94. The lowest BCUT2D eigenvalue weighted by atomic mass is 10.2. The van der Waals surface area contributed by atoms with Gasteiger partial charge in [0.05, 0.1) is 5.69 Å². The molecule has 0 saturated heterocycles. The van der Waals surface area contributed by atoms with Gasteiger partial charge in [0.2, 0.25) is 0 Å². The topological polar surface area (TPSA) is 63.1 Å². The van der Waals surface area contributed by atoms with Gasteiger partial charge in [0, 0.05) is 18.0 Å². The van der Waals surface area contributed by atoms with Crippen LogP contribution < -0.4 is 0 Å². The molecule has 15 heavy (non-hydrogen) atoms. The van der Waals surface area contributed by atoms with Crippen LogP contribution in [0.5, 0.6) is 0 Å². The highest BCUT2D eigenvalue weighted by atomic mass is 16.4. The Morgan fingerprint density at radius 2 is 2.00 bits per heavy atom. The monoisotopic (exact) mass is 200 g/mol. The third-order valence-corrected chi connectivity index (χ3v) is 1.94. The van der Waals surface area contributed by atoms with E-state index in [1.165, 1.54) is 12.3 Å². The summed E-state index contributed by atoms with van der Waals surface area (Å²) in [5.41, 5.74) is 1.62.